The van der Waals surface area contributed by atoms with Gasteiger partial charge in [-0.15, -0.1) is 0 Å². The molecule has 0 bridgehead atoms. The van der Waals surface area contributed by atoms with Crippen molar-refractivity contribution in [2.24, 2.45) is 0 Å². The smallest absolute Gasteiger partial charge is 0.169 e. The Morgan fingerprint density at radius 2 is 0.933 bits per heavy atom. The number of rotatable bonds is 1. The molecule has 92 valence electrons. The summed E-state index contributed by atoms with van der Waals surface area (Å²) < 4.78 is 69.9. The zero-order chi connectivity index (χ0) is 12.7. The predicted octanol–water partition coefficient (Wildman–Crippen LogP) is 4.85. The fourth-order valence-corrected chi connectivity index (χ4v) is 1.64. The Morgan fingerprint density at radius 3 is 1.00 bits per heavy atom. The summed E-state index contributed by atoms with van der Waals surface area (Å²) in [5, 5.41) is 0. The van der Waals surface area contributed by atoms with E-state index in [1.54, 1.807) is 0 Å². The summed E-state index contributed by atoms with van der Waals surface area (Å²) in [6.45, 7) is 0. The minimum atomic E-state index is -5.77. The molecule has 0 heterocycles. The standard InChI is InChI=1S/C5H2Cl4F6/c6-2(4(10,11)12,5(13,14)15)1-3(7,8)9/h1H2. The Balaban J connectivity index is 5.26. The molecule has 0 aliphatic rings. The second kappa shape index (κ2) is 4.20. The second-order valence-corrected chi connectivity index (χ2v) is 5.75. The van der Waals surface area contributed by atoms with E-state index in [2.05, 4.69) is 11.6 Å². The van der Waals surface area contributed by atoms with Crippen LogP contribution in [0.2, 0.25) is 0 Å². The molecule has 0 radical (unpaired) electrons. The highest BCUT2D eigenvalue weighted by molar-refractivity contribution is 6.67. The maximum Gasteiger partial charge on any atom is 0.416 e. The van der Waals surface area contributed by atoms with Gasteiger partial charge >= 0.3 is 12.4 Å². The molecule has 0 N–H and O–H groups in total. The summed E-state index contributed by atoms with van der Waals surface area (Å²) in [7, 11) is 0. The van der Waals surface area contributed by atoms with E-state index in [-0.39, 0.29) is 0 Å². The largest absolute Gasteiger partial charge is 0.416 e. The van der Waals surface area contributed by atoms with Crippen LogP contribution in [0, 0.1) is 0 Å². The van der Waals surface area contributed by atoms with Crippen molar-refractivity contribution in [3.8, 4) is 0 Å². The van der Waals surface area contributed by atoms with Crippen LogP contribution in [0.1, 0.15) is 6.42 Å². The first-order chi connectivity index (χ1) is 6.21. The molecule has 0 unspecified atom stereocenters. The zero-order valence-electron chi connectivity index (χ0n) is 6.49. The molecule has 0 fully saturated rings. The van der Waals surface area contributed by atoms with E-state index in [1.807, 2.05) is 0 Å². The average molecular weight is 318 g/mol. The van der Waals surface area contributed by atoms with E-state index in [1.165, 1.54) is 0 Å². The van der Waals surface area contributed by atoms with Crippen molar-refractivity contribution < 1.29 is 26.3 Å². The van der Waals surface area contributed by atoms with Gasteiger partial charge in [-0.05, 0) is 0 Å². The molecule has 0 rings (SSSR count). The Bertz CT molecular complexity index is 211. The number of alkyl halides is 10. The lowest BCUT2D eigenvalue weighted by Gasteiger charge is -2.33. The van der Waals surface area contributed by atoms with Gasteiger partial charge in [0.25, 0.3) is 0 Å². The number of halogens is 10. The van der Waals surface area contributed by atoms with E-state index < -0.39 is 27.4 Å². The van der Waals surface area contributed by atoms with Crippen molar-refractivity contribution in [1.29, 1.82) is 0 Å². The first-order valence-corrected chi connectivity index (χ1v) is 4.61. The number of hydrogen-bond donors (Lipinski definition) is 0. The van der Waals surface area contributed by atoms with Crippen molar-refractivity contribution in [3.05, 3.63) is 0 Å². The Labute approximate surface area is 100 Å². The van der Waals surface area contributed by atoms with Gasteiger partial charge in [0.15, 0.2) is 3.79 Å². The van der Waals surface area contributed by atoms with Crippen LogP contribution in [0.3, 0.4) is 0 Å². The molecule has 0 saturated carbocycles. The monoisotopic (exact) mass is 316 g/mol. The average Bonchev–Trinajstić information content (AvgIpc) is 1.77. The summed E-state index contributed by atoms with van der Waals surface area (Å²) in [6.07, 6.45) is -13.5. The fourth-order valence-electron chi connectivity index (χ4n) is 0.637. The highest BCUT2D eigenvalue weighted by Crippen LogP contribution is 2.54. The molecule has 0 spiro atoms. The van der Waals surface area contributed by atoms with Gasteiger partial charge in [0.05, 0.1) is 0 Å². The molecule has 0 amide bonds. The summed E-state index contributed by atoms with van der Waals surface area (Å²) in [5.74, 6) is 0. The van der Waals surface area contributed by atoms with Crippen molar-refractivity contribution in [1.82, 2.24) is 0 Å². The van der Waals surface area contributed by atoms with Gasteiger partial charge in [-0.2, -0.15) is 26.3 Å². The molecular weight excluding hydrogens is 316 g/mol. The Morgan fingerprint density at radius 1 is 0.667 bits per heavy atom. The maximum atomic E-state index is 12.1. The van der Waals surface area contributed by atoms with Crippen LogP contribution in [0.15, 0.2) is 0 Å². The lowest BCUT2D eigenvalue weighted by molar-refractivity contribution is -0.269. The van der Waals surface area contributed by atoms with Crippen LogP contribution in [0.4, 0.5) is 26.3 Å². The van der Waals surface area contributed by atoms with Crippen molar-refractivity contribution in [3.63, 3.8) is 0 Å². The van der Waals surface area contributed by atoms with Gasteiger partial charge in [0, 0.05) is 6.42 Å². The summed E-state index contributed by atoms with van der Waals surface area (Å²) in [5.41, 5.74) is 0. The van der Waals surface area contributed by atoms with Gasteiger partial charge in [-0.3, -0.25) is 0 Å². The van der Waals surface area contributed by atoms with Gasteiger partial charge in [0.2, 0.25) is 4.87 Å². The predicted molar refractivity (Wildman–Crippen MR) is 45.6 cm³/mol. The first-order valence-electron chi connectivity index (χ1n) is 3.10. The fraction of sp³-hybridized carbons (Fsp3) is 1.00. The van der Waals surface area contributed by atoms with Gasteiger partial charge in [-0.25, -0.2) is 0 Å². The minimum absolute atomic E-state index is 1.92. The van der Waals surface area contributed by atoms with Crippen LogP contribution in [-0.2, 0) is 0 Å². The molecule has 0 aliphatic carbocycles. The van der Waals surface area contributed by atoms with E-state index in [0.29, 0.717) is 0 Å². The van der Waals surface area contributed by atoms with Crippen LogP contribution in [-0.4, -0.2) is 21.0 Å². The zero-order valence-corrected chi connectivity index (χ0v) is 9.51. The lowest BCUT2D eigenvalue weighted by atomic mass is 10.0. The quantitative estimate of drug-likeness (QED) is 0.479. The lowest BCUT2D eigenvalue weighted by Crippen LogP contribution is -2.54. The van der Waals surface area contributed by atoms with Gasteiger partial charge in [-0.1, -0.05) is 46.4 Å². The highest BCUT2D eigenvalue weighted by Gasteiger charge is 2.71. The van der Waals surface area contributed by atoms with Crippen LogP contribution in [0.25, 0.3) is 0 Å². The number of hydrogen-bond acceptors (Lipinski definition) is 0. The minimum Gasteiger partial charge on any atom is -0.169 e. The molecule has 0 aliphatic heterocycles. The van der Waals surface area contributed by atoms with Gasteiger partial charge in [0.1, 0.15) is 0 Å². The van der Waals surface area contributed by atoms with Crippen LogP contribution in [0.5, 0.6) is 0 Å². The molecule has 10 heteroatoms. The maximum absolute atomic E-state index is 12.1. The summed E-state index contributed by atoms with van der Waals surface area (Å²) in [4.78, 5) is -4.56. The summed E-state index contributed by atoms with van der Waals surface area (Å²) >= 11 is 19.1. The molecule has 0 aromatic heterocycles. The molecule has 0 saturated heterocycles. The van der Waals surface area contributed by atoms with E-state index in [0.717, 1.165) is 0 Å². The van der Waals surface area contributed by atoms with E-state index in [4.69, 9.17) is 34.8 Å². The molecule has 0 aromatic rings. The molecule has 0 aromatic carbocycles. The Kier molecular flexibility index (Phi) is 4.41. The normalized spacial score (nSPS) is 15.6. The van der Waals surface area contributed by atoms with Crippen molar-refractivity contribution in [2.45, 2.75) is 27.4 Å². The third-order valence-electron chi connectivity index (χ3n) is 1.34. The topological polar surface area (TPSA) is 0 Å². The second-order valence-electron chi connectivity index (χ2n) is 2.59. The summed E-state index contributed by atoms with van der Waals surface area (Å²) in [6, 6.07) is 0. The highest BCUT2D eigenvalue weighted by atomic mass is 35.6. The van der Waals surface area contributed by atoms with Crippen molar-refractivity contribution >= 4 is 46.4 Å². The first kappa shape index (κ1) is 15.7. The molecule has 0 atom stereocenters. The van der Waals surface area contributed by atoms with E-state index >= 15 is 0 Å². The molecule has 0 nitrogen and oxygen atoms in total. The third-order valence-corrected chi connectivity index (χ3v) is 2.31. The molecular formula is C5H2Cl4F6. The van der Waals surface area contributed by atoms with E-state index in [9.17, 15) is 26.3 Å². The molecule has 15 heavy (non-hydrogen) atoms. The third kappa shape index (κ3) is 3.91. The SMILES string of the molecule is FC(F)(F)C(Cl)(CC(Cl)(Cl)Cl)C(F)(F)F. The van der Waals surface area contributed by atoms with Crippen LogP contribution >= 0.6 is 46.4 Å². The Hall–Kier alpha value is 0.740. The van der Waals surface area contributed by atoms with Gasteiger partial charge < -0.3 is 0 Å². The van der Waals surface area contributed by atoms with Crippen molar-refractivity contribution in [2.75, 3.05) is 0 Å². The van der Waals surface area contributed by atoms with Crippen LogP contribution < -0.4 is 0 Å².